The molecule has 1 aromatic rings. The Bertz CT molecular complexity index is 598. The summed E-state index contributed by atoms with van der Waals surface area (Å²) in [6.07, 6.45) is 0.138. The molecule has 8 heteroatoms. The third-order valence-corrected chi connectivity index (χ3v) is 4.39. The lowest BCUT2D eigenvalue weighted by atomic mass is 10.1. The van der Waals surface area contributed by atoms with Crippen LogP contribution in [0.5, 0.6) is 0 Å². The van der Waals surface area contributed by atoms with Gasteiger partial charge in [-0.3, -0.25) is 4.79 Å². The number of rotatable bonds is 7. The second-order valence-electron chi connectivity index (χ2n) is 5.10. The predicted octanol–water partition coefficient (Wildman–Crippen LogP) is 2.40. The summed E-state index contributed by atoms with van der Waals surface area (Å²) < 4.78 is 39.7. The number of hydrogen-bond donors (Lipinski definition) is 2. The molecule has 1 unspecified atom stereocenters. The minimum absolute atomic E-state index is 0.00847. The lowest BCUT2D eigenvalue weighted by Crippen LogP contribution is -2.42. The van der Waals surface area contributed by atoms with Gasteiger partial charge in [0.25, 0.3) is 0 Å². The Balaban J connectivity index is 2.93. The molecule has 0 saturated heterocycles. The molecule has 5 nitrogen and oxygen atoms in total. The van der Waals surface area contributed by atoms with Gasteiger partial charge in [0.05, 0.1) is 5.75 Å². The number of sulfonamides is 1. The zero-order valence-electron chi connectivity index (χ0n) is 11.6. The summed E-state index contributed by atoms with van der Waals surface area (Å²) in [6, 6.07) is 2.58. The highest BCUT2D eigenvalue weighted by Crippen LogP contribution is 2.21. The van der Waals surface area contributed by atoms with Crippen LogP contribution in [0.25, 0.3) is 0 Å². The first-order chi connectivity index (χ1) is 9.62. The largest absolute Gasteiger partial charge is 0.480 e. The van der Waals surface area contributed by atoms with E-state index in [0.29, 0.717) is 0 Å². The molecule has 0 bridgehead atoms. The van der Waals surface area contributed by atoms with Gasteiger partial charge < -0.3 is 5.11 Å². The fourth-order valence-electron chi connectivity index (χ4n) is 1.79. The summed E-state index contributed by atoms with van der Waals surface area (Å²) in [5.74, 6) is -2.73. The number of carboxylic acids is 1. The lowest BCUT2D eigenvalue weighted by Gasteiger charge is -2.17. The van der Waals surface area contributed by atoms with E-state index in [4.69, 9.17) is 16.7 Å². The molecule has 1 atom stereocenters. The van der Waals surface area contributed by atoms with E-state index in [1.54, 1.807) is 13.8 Å². The molecule has 0 aromatic heterocycles. The third kappa shape index (κ3) is 5.61. The van der Waals surface area contributed by atoms with Crippen LogP contribution in [0.4, 0.5) is 4.39 Å². The van der Waals surface area contributed by atoms with E-state index < -0.39 is 33.6 Å². The van der Waals surface area contributed by atoms with Crippen LogP contribution in [0.15, 0.2) is 18.2 Å². The molecule has 21 heavy (non-hydrogen) atoms. The Labute approximate surface area is 128 Å². The maximum Gasteiger partial charge on any atom is 0.321 e. The number of carbonyl (C=O) groups is 1. The number of carboxylic acid groups (broad SMARTS) is 1. The molecule has 0 fully saturated rings. The van der Waals surface area contributed by atoms with Crippen molar-refractivity contribution < 1.29 is 22.7 Å². The minimum Gasteiger partial charge on any atom is -0.480 e. The van der Waals surface area contributed by atoms with Crippen LogP contribution >= 0.6 is 11.6 Å². The van der Waals surface area contributed by atoms with Crippen molar-refractivity contribution in [3.8, 4) is 0 Å². The van der Waals surface area contributed by atoms with Gasteiger partial charge in [0.15, 0.2) is 0 Å². The zero-order valence-corrected chi connectivity index (χ0v) is 13.2. The number of nitrogens with one attached hydrogen (secondary N) is 1. The number of halogens is 2. The Kier molecular flexibility index (Phi) is 6.12. The van der Waals surface area contributed by atoms with Crippen molar-refractivity contribution in [3.63, 3.8) is 0 Å². The van der Waals surface area contributed by atoms with Gasteiger partial charge in [-0.1, -0.05) is 31.5 Å². The summed E-state index contributed by atoms with van der Waals surface area (Å²) in [4.78, 5) is 11.1. The summed E-state index contributed by atoms with van der Waals surface area (Å²) in [6.45, 7) is 3.55. The molecule has 0 aliphatic carbocycles. The van der Waals surface area contributed by atoms with Crippen molar-refractivity contribution in [2.45, 2.75) is 32.1 Å². The van der Waals surface area contributed by atoms with Gasteiger partial charge in [-0.25, -0.2) is 17.5 Å². The van der Waals surface area contributed by atoms with Crippen molar-refractivity contribution in [3.05, 3.63) is 34.6 Å². The standard InChI is InChI=1S/C13H17ClFNO4S/c1-8(2)6-12(13(17)18)16-21(19,20)7-9-10(14)4-3-5-11(9)15/h3-5,8,12,16H,6-7H2,1-2H3,(H,17,18). The molecular formula is C13H17ClFNO4S. The van der Waals surface area contributed by atoms with Gasteiger partial charge in [-0.15, -0.1) is 0 Å². The van der Waals surface area contributed by atoms with E-state index in [9.17, 15) is 17.6 Å². The molecule has 0 radical (unpaired) electrons. The number of aliphatic carboxylic acids is 1. The van der Waals surface area contributed by atoms with Crippen LogP contribution in [0.2, 0.25) is 5.02 Å². The van der Waals surface area contributed by atoms with E-state index in [2.05, 4.69) is 4.72 Å². The normalized spacial score (nSPS) is 13.4. The van der Waals surface area contributed by atoms with Crippen LogP contribution < -0.4 is 4.72 Å². The molecule has 118 valence electrons. The Hall–Kier alpha value is -1.18. The van der Waals surface area contributed by atoms with Crippen LogP contribution in [0.3, 0.4) is 0 Å². The highest BCUT2D eigenvalue weighted by Gasteiger charge is 2.26. The molecule has 0 heterocycles. The van der Waals surface area contributed by atoms with Crippen LogP contribution in [0.1, 0.15) is 25.8 Å². The average molecular weight is 338 g/mol. The van der Waals surface area contributed by atoms with Crippen LogP contribution in [-0.4, -0.2) is 25.5 Å². The molecule has 1 aromatic carbocycles. The highest BCUT2D eigenvalue weighted by molar-refractivity contribution is 7.88. The van der Waals surface area contributed by atoms with E-state index in [-0.39, 0.29) is 22.9 Å². The average Bonchev–Trinajstić information content (AvgIpc) is 2.32. The first kappa shape index (κ1) is 17.9. The van der Waals surface area contributed by atoms with Crippen molar-refractivity contribution in [1.82, 2.24) is 4.72 Å². The van der Waals surface area contributed by atoms with Gasteiger partial charge in [0.2, 0.25) is 10.0 Å². The molecule has 0 saturated carbocycles. The predicted molar refractivity (Wildman–Crippen MR) is 78.0 cm³/mol. The minimum atomic E-state index is -4.02. The van der Waals surface area contributed by atoms with Crippen molar-refractivity contribution >= 4 is 27.6 Å². The maximum absolute atomic E-state index is 13.6. The maximum atomic E-state index is 13.6. The summed E-state index contributed by atoms with van der Waals surface area (Å²) in [5.41, 5.74) is -0.180. The Morgan fingerprint density at radius 1 is 1.43 bits per heavy atom. The smallest absolute Gasteiger partial charge is 0.321 e. The second-order valence-corrected chi connectivity index (χ2v) is 7.26. The number of hydrogen-bond acceptors (Lipinski definition) is 3. The first-order valence-electron chi connectivity index (χ1n) is 6.28. The molecule has 2 N–H and O–H groups in total. The summed E-state index contributed by atoms with van der Waals surface area (Å²) in [7, 11) is -4.02. The fraction of sp³-hybridized carbons (Fsp3) is 0.462. The molecule has 1 rings (SSSR count). The van der Waals surface area contributed by atoms with Crippen LogP contribution in [-0.2, 0) is 20.6 Å². The topological polar surface area (TPSA) is 83.5 Å². The van der Waals surface area contributed by atoms with E-state index >= 15 is 0 Å². The Morgan fingerprint density at radius 3 is 2.52 bits per heavy atom. The third-order valence-electron chi connectivity index (χ3n) is 2.72. The van der Waals surface area contributed by atoms with Crippen molar-refractivity contribution in [2.75, 3.05) is 0 Å². The van der Waals surface area contributed by atoms with Gasteiger partial charge in [0, 0.05) is 10.6 Å². The van der Waals surface area contributed by atoms with E-state index in [0.717, 1.165) is 6.07 Å². The first-order valence-corrected chi connectivity index (χ1v) is 8.31. The molecule has 0 spiro atoms. The molecule has 0 aliphatic rings. The monoisotopic (exact) mass is 337 g/mol. The van der Waals surface area contributed by atoms with E-state index in [1.165, 1.54) is 12.1 Å². The SMILES string of the molecule is CC(C)CC(NS(=O)(=O)Cc1c(F)cccc1Cl)C(=O)O. The second kappa shape index (κ2) is 7.20. The molecule has 0 amide bonds. The molecular weight excluding hydrogens is 321 g/mol. The van der Waals surface area contributed by atoms with E-state index in [1.807, 2.05) is 0 Å². The lowest BCUT2D eigenvalue weighted by molar-refractivity contribution is -0.139. The quantitative estimate of drug-likeness (QED) is 0.800. The Morgan fingerprint density at radius 2 is 2.05 bits per heavy atom. The van der Waals surface area contributed by atoms with Crippen molar-refractivity contribution in [2.24, 2.45) is 5.92 Å². The highest BCUT2D eigenvalue weighted by atomic mass is 35.5. The summed E-state index contributed by atoms with van der Waals surface area (Å²) in [5, 5.41) is 9.02. The van der Waals surface area contributed by atoms with Gasteiger partial charge in [-0.05, 0) is 24.5 Å². The van der Waals surface area contributed by atoms with Gasteiger partial charge in [-0.2, -0.15) is 0 Å². The fourth-order valence-corrected chi connectivity index (χ4v) is 3.49. The van der Waals surface area contributed by atoms with Crippen LogP contribution in [0, 0.1) is 11.7 Å². The van der Waals surface area contributed by atoms with Gasteiger partial charge >= 0.3 is 5.97 Å². The number of benzene rings is 1. The zero-order chi connectivity index (χ0) is 16.2. The molecule has 0 aliphatic heterocycles. The summed E-state index contributed by atoms with van der Waals surface area (Å²) >= 11 is 5.77. The van der Waals surface area contributed by atoms with Gasteiger partial charge in [0.1, 0.15) is 11.9 Å². The van der Waals surface area contributed by atoms with Crippen molar-refractivity contribution in [1.29, 1.82) is 0 Å².